The zero-order valence-corrected chi connectivity index (χ0v) is 17.5. The maximum Gasteiger partial charge on any atom is 0.258 e. The summed E-state index contributed by atoms with van der Waals surface area (Å²) in [5.41, 5.74) is 0.955. The number of rotatable bonds is 7. The lowest BCUT2D eigenvalue weighted by atomic mass is 10.2. The molecule has 8 heteroatoms. The van der Waals surface area contributed by atoms with Gasteiger partial charge in [-0.15, -0.1) is 10.2 Å². The molecule has 0 saturated heterocycles. The Bertz CT molecular complexity index is 1020. The van der Waals surface area contributed by atoms with Crippen molar-refractivity contribution in [2.24, 2.45) is 0 Å². The van der Waals surface area contributed by atoms with Gasteiger partial charge in [-0.3, -0.25) is 9.69 Å². The molecule has 4 rings (SSSR count). The zero-order chi connectivity index (χ0) is 21.6. The van der Waals surface area contributed by atoms with Gasteiger partial charge >= 0.3 is 0 Å². The van der Waals surface area contributed by atoms with E-state index in [1.165, 1.54) is 6.07 Å². The molecule has 1 N–H and O–H groups in total. The lowest BCUT2D eigenvalue weighted by Gasteiger charge is -2.20. The number of carbonyl (C=O) groups excluding carboxylic acids is 1. The summed E-state index contributed by atoms with van der Waals surface area (Å²) in [6.45, 7) is 4.86. The van der Waals surface area contributed by atoms with Crippen LogP contribution in [0.15, 0.2) is 54.6 Å². The first-order valence-electron chi connectivity index (χ1n) is 10.4. The summed E-state index contributed by atoms with van der Waals surface area (Å²) in [5, 5.41) is 11.6. The highest BCUT2D eigenvalue weighted by atomic mass is 19.1. The third kappa shape index (κ3) is 5.46. The lowest BCUT2D eigenvalue weighted by molar-refractivity contribution is -0.123. The molecule has 0 fully saturated rings. The van der Waals surface area contributed by atoms with Crippen LogP contribution in [0.4, 0.5) is 4.39 Å². The van der Waals surface area contributed by atoms with E-state index in [4.69, 9.17) is 4.74 Å². The Morgan fingerprint density at radius 3 is 2.77 bits per heavy atom. The fourth-order valence-corrected chi connectivity index (χ4v) is 3.77. The van der Waals surface area contributed by atoms with Crippen LogP contribution in [0.1, 0.15) is 30.2 Å². The number of para-hydroxylation sites is 1. The number of nitrogens with one attached hydrogen (secondary N) is 1. The van der Waals surface area contributed by atoms with E-state index in [0.717, 1.165) is 36.7 Å². The largest absolute Gasteiger partial charge is 0.484 e. The van der Waals surface area contributed by atoms with Gasteiger partial charge in [-0.05, 0) is 36.8 Å². The van der Waals surface area contributed by atoms with Crippen molar-refractivity contribution in [3.63, 3.8) is 0 Å². The van der Waals surface area contributed by atoms with Gasteiger partial charge in [0, 0.05) is 32.6 Å². The Morgan fingerprint density at radius 1 is 1.13 bits per heavy atom. The van der Waals surface area contributed by atoms with Crippen LogP contribution in [0.25, 0.3) is 0 Å². The molecule has 31 heavy (non-hydrogen) atoms. The van der Waals surface area contributed by atoms with Crippen molar-refractivity contribution in [3.8, 4) is 5.75 Å². The molecule has 1 aliphatic heterocycles. The van der Waals surface area contributed by atoms with Crippen LogP contribution in [-0.2, 0) is 24.3 Å². The second-order valence-electron chi connectivity index (χ2n) is 7.67. The SMILES string of the molecule is C[C@@H](NC(=O)COc1ccccc1)c1nnc2n1CCN(Cc1cccc(F)c1)CC2. The van der Waals surface area contributed by atoms with Gasteiger partial charge in [-0.25, -0.2) is 4.39 Å². The topological polar surface area (TPSA) is 72.3 Å². The second-order valence-corrected chi connectivity index (χ2v) is 7.67. The van der Waals surface area contributed by atoms with Gasteiger partial charge in [0.05, 0.1) is 6.04 Å². The molecule has 0 aliphatic carbocycles. The first kappa shape index (κ1) is 21.0. The quantitative estimate of drug-likeness (QED) is 0.633. The number of amides is 1. The van der Waals surface area contributed by atoms with Gasteiger partial charge in [0.2, 0.25) is 0 Å². The fourth-order valence-electron chi connectivity index (χ4n) is 3.77. The number of fused-ring (bicyclic) bond motifs is 1. The standard InChI is InChI=1S/C23H26FN5O2/c1-17(25-22(30)16-31-20-8-3-2-4-9-20)23-27-26-21-10-11-28(12-13-29(21)23)15-18-6-5-7-19(24)14-18/h2-9,14,17H,10-13,15-16H2,1H3,(H,25,30)/t17-/m1/s1. The summed E-state index contributed by atoms with van der Waals surface area (Å²) in [4.78, 5) is 14.6. The number of ether oxygens (including phenoxy) is 1. The summed E-state index contributed by atoms with van der Waals surface area (Å²) in [6.07, 6.45) is 0.750. The smallest absolute Gasteiger partial charge is 0.258 e. The van der Waals surface area contributed by atoms with Gasteiger partial charge in [-0.2, -0.15) is 0 Å². The summed E-state index contributed by atoms with van der Waals surface area (Å²) in [6, 6.07) is 15.7. The van der Waals surface area contributed by atoms with Gasteiger partial charge < -0.3 is 14.6 Å². The zero-order valence-electron chi connectivity index (χ0n) is 17.5. The molecule has 2 aromatic carbocycles. The number of benzene rings is 2. The van der Waals surface area contributed by atoms with Crippen molar-refractivity contribution < 1.29 is 13.9 Å². The predicted octanol–water partition coefficient (Wildman–Crippen LogP) is 2.73. The Balaban J connectivity index is 1.33. The molecule has 1 aliphatic rings. The Hall–Kier alpha value is -3.26. The lowest BCUT2D eigenvalue weighted by Crippen LogP contribution is -2.33. The van der Waals surface area contributed by atoms with Crippen LogP contribution in [0.5, 0.6) is 5.75 Å². The number of aromatic nitrogens is 3. The highest BCUT2D eigenvalue weighted by Crippen LogP contribution is 2.17. The molecule has 0 saturated carbocycles. The molecule has 7 nitrogen and oxygen atoms in total. The Morgan fingerprint density at radius 2 is 1.97 bits per heavy atom. The van der Waals surface area contributed by atoms with Gasteiger partial charge in [-0.1, -0.05) is 30.3 Å². The van der Waals surface area contributed by atoms with Gasteiger partial charge in [0.25, 0.3) is 5.91 Å². The Kier molecular flexibility index (Phi) is 6.57. The van der Waals surface area contributed by atoms with Crippen molar-refractivity contribution in [2.45, 2.75) is 32.5 Å². The summed E-state index contributed by atoms with van der Waals surface area (Å²) in [7, 11) is 0. The second kappa shape index (κ2) is 9.70. The summed E-state index contributed by atoms with van der Waals surface area (Å²) < 4.78 is 21.1. The molecule has 2 heterocycles. The minimum atomic E-state index is -0.289. The molecule has 0 bridgehead atoms. The normalized spacial score (nSPS) is 15.0. The molecule has 3 aromatic rings. The molecule has 1 atom stereocenters. The average molecular weight is 423 g/mol. The van der Waals surface area contributed by atoms with Crippen LogP contribution in [0.2, 0.25) is 0 Å². The van der Waals surface area contributed by atoms with E-state index in [-0.39, 0.29) is 24.4 Å². The number of halogens is 1. The van der Waals surface area contributed by atoms with E-state index in [9.17, 15) is 9.18 Å². The third-order valence-electron chi connectivity index (χ3n) is 5.32. The van der Waals surface area contributed by atoms with E-state index < -0.39 is 0 Å². The molecule has 1 aromatic heterocycles. The molecule has 162 valence electrons. The molecular formula is C23H26FN5O2. The monoisotopic (exact) mass is 423 g/mol. The van der Waals surface area contributed by atoms with Crippen LogP contribution in [0, 0.1) is 5.82 Å². The van der Waals surface area contributed by atoms with Crippen molar-refractivity contribution in [1.82, 2.24) is 25.0 Å². The number of carbonyl (C=O) groups is 1. The number of nitrogens with zero attached hydrogens (tertiary/aromatic N) is 4. The van der Waals surface area contributed by atoms with Crippen molar-refractivity contribution in [2.75, 3.05) is 19.7 Å². The Labute approximate surface area is 180 Å². The van der Waals surface area contributed by atoms with Crippen molar-refractivity contribution >= 4 is 5.91 Å². The maximum atomic E-state index is 13.5. The number of hydrogen-bond donors (Lipinski definition) is 1. The van der Waals surface area contributed by atoms with E-state index in [2.05, 4.69) is 25.0 Å². The fraction of sp³-hybridized carbons (Fsp3) is 0.348. The van der Waals surface area contributed by atoms with E-state index >= 15 is 0 Å². The van der Waals surface area contributed by atoms with E-state index in [1.807, 2.05) is 43.3 Å². The van der Waals surface area contributed by atoms with Crippen LogP contribution in [0.3, 0.4) is 0 Å². The highest BCUT2D eigenvalue weighted by molar-refractivity contribution is 5.77. The van der Waals surface area contributed by atoms with Crippen molar-refractivity contribution in [3.05, 3.63) is 77.6 Å². The third-order valence-corrected chi connectivity index (χ3v) is 5.32. The van der Waals surface area contributed by atoms with Crippen LogP contribution in [-0.4, -0.2) is 45.3 Å². The van der Waals surface area contributed by atoms with Gasteiger partial charge in [0.1, 0.15) is 17.4 Å². The summed E-state index contributed by atoms with van der Waals surface area (Å²) >= 11 is 0. The molecular weight excluding hydrogens is 397 g/mol. The average Bonchev–Trinajstić information content (AvgIpc) is 3.08. The molecule has 0 unspecified atom stereocenters. The molecule has 1 amide bonds. The summed E-state index contributed by atoms with van der Waals surface area (Å²) in [5.74, 6) is 1.86. The van der Waals surface area contributed by atoms with Gasteiger partial charge in [0.15, 0.2) is 12.4 Å². The highest BCUT2D eigenvalue weighted by Gasteiger charge is 2.23. The van der Waals surface area contributed by atoms with E-state index in [1.54, 1.807) is 12.1 Å². The minimum Gasteiger partial charge on any atom is -0.484 e. The first-order valence-corrected chi connectivity index (χ1v) is 10.4. The van der Waals surface area contributed by atoms with E-state index in [0.29, 0.717) is 18.8 Å². The predicted molar refractivity (Wildman–Crippen MR) is 114 cm³/mol. The molecule has 0 radical (unpaired) electrons. The molecule has 0 spiro atoms. The van der Waals surface area contributed by atoms with Crippen LogP contribution < -0.4 is 10.1 Å². The maximum absolute atomic E-state index is 13.5. The van der Waals surface area contributed by atoms with Crippen molar-refractivity contribution in [1.29, 1.82) is 0 Å². The first-order chi connectivity index (χ1) is 15.1. The minimum absolute atomic E-state index is 0.0588. The number of hydrogen-bond acceptors (Lipinski definition) is 5. The van der Waals surface area contributed by atoms with Crippen LogP contribution >= 0.6 is 0 Å².